The number of nitrogens with zero attached hydrogens (tertiary/aromatic N) is 2. The Hall–Kier alpha value is -2.09. The molecule has 0 atom stereocenters. The van der Waals surface area contributed by atoms with E-state index in [1.54, 1.807) is 0 Å². The molecule has 0 N–H and O–H groups in total. The summed E-state index contributed by atoms with van der Waals surface area (Å²) in [6.45, 7) is 0. The molecule has 2 heterocycles. The zero-order valence-electron chi connectivity index (χ0n) is 17.8. The fourth-order valence-corrected chi connectivity index (χ4v) is 6.07. The molecule has 0 radical (unpaired) electrons. The Balaban J connectivity index is 1.47. The van der Waals surface area contributed by atoms with Crippen molar-refractivity contribution in [1.82, 2.24) is 4.90 Å². The number of benzene rings is 2. The van der Waals surface area contributed by atoms with Gasteiger partial charge in [0, 0.05) is 26.6 Å². The molecule has 2 aromatic carbocycles. The fraction of sp³-hybridized carbons (Fsp3) is 0.231. The lowest BCUT2D eigenvalue weighted by Gasteiger charge is -2.30. The molecule has 0 spiro atoms. The average molecular weight is 586 g/mol. The molecule has 1 aliphatic carbocycles. The van der Waals surface area contributed by atoms with Gasteiger partial charge in [0.15, 0.2) is 5.17 Å². The van der Waals surface area contributed by atoms with Gasteiger partial charge < -0.3 is 4.42 Å². The first-order valence-electron chi connectivity index (χ1n) is 11.0. The minimum atomic E-state index is 0.0168. The summed E-state index contributed by atoms with van der Waals surface area (Å²) in [5, 5.41) is 0.755. The van der Waals surface area contributed by atoms with Crippen molar-refractivity contribution >= 4 is 66.5 Å². The number of amides is 1. The van der Waals surface area contributed by atoms with Crippen LogP contribution in [0, 0.1) is 0 Å². The summed E-state index contributed by atoms with van der Waals surface area (Å²) in [6, 6.07) is 19.8. The number of halogens is 2. The Morgan fingerprint density at radius 2 is 1.79 bits per heavy atom. The lowest BCUT2D eigenvalue weighted by Crippen LogP contribution is -2.40. The number of para-hydroxylation sites is 1. The van der Waals surface area contributed by atoms with Crippen molar-refractivity contribution in [3.05, 3.63) is 80.3 Å². The normalized spacial score (nSPS) is 19.7. The molecule has 2 aliphatic rings. The summed E-state index contributed by atoms with van der Waals surface area (Å²) in [4.78, 5) is 20.9. The van der Waals surface area contributed by atoms with Gasteiger partial charge in [0.2, 0.25) is 0 Å². The van der Waals surface area contributed by atoms with Gasteiger partial charge in [-0.2, -0.15) is 0 Å². The van der Waals surface area contributed by atoms with Crippen LogP contribution in [0.5, 0.6) is 0 Å². The van der Waals surface area contributed by atoms with Crippen molar-refractivity contribution in [2.75, 3.05) is 0 Å². The van der Waals surface area contributed by atoms with Crippen LogP contribution in [-0.2, 0) is 4.79 Å². The second-order valence-electron chi connectivity index (χ2n) is 8.13. The molecule has 2 fully saturated rings. The van der Waals surface area contributed by atoms with E-state index in [9.17, 15) is 4.79 Å². The molecule has 4 nitrogen and oxygen atoms in total. The number of carbonyl (C=O) groups excluding carboxylic acids is 1. The monoisotopic (exact) mass is 584 g/mol. The maximum absolute atomic E-state index is 13.5. The lowest BCUT2D eigenvalue weighted by atomic mass is 9.94. The number of furan rings is 1. The summed E-state index contributed by atoms with van der Waals surface area (Å²) in [5.41, 5.74) is 1.81. The maximum atomic E-state index is 13.5. The summed E-state index contributed by atoms with van der Waals surface area (Å²) in [5.74, 6) is 1.41. The van der Waals surface area contributed by atoms with Gasteiger partial charge in [-0.05, 0) is 67.1 Å². The fourth-order valence-electron chi connectivity index (χ4n) is 4.23. The van der Waals surface area contributed by atoms with Crippen molar-refractivity contribution in [1.29, 1.82) is 0 Å². The minimum absolute atomic E-state index is 0.0168. The predicted molar refractivity (Wildman–Crippen MR) is 142 cm³/mol. The highest BCUT2D eigenvalue weighted by molar-refractivity contribution is 9.11. The average Bonchev–Trinajstić information content (AvgIpc) is 3.41. The van der Waals surface area contributed by atoms with Gasteiger partial charge in [0.05, 0.1) is 10.6 Å². The van der Waals surface area contributed by atoms with Crippen LogP contribution in [0.2, 0.25) is 0 Å². The number of thioether (sulfide) groups is 1. The van der Waals surface area contributed by atoms with Crippen LogP contribution in [0.1, 0.15) is 37.9 Å². The number of aliphatic imine (C=N–C) groups is 1. The highest BCUT2D eigenvalue weighted by atomic mass is 79.9. The molecule has 1 saturated carbocycles. The van der Waals surface area contributed by atoms with E-state index in [1.807, 2.05) is 71.6 Å². The van der Waals surface area contributed by atoms with Crippen molar-refractivity contribution in [2.24, 2.45) is 4.99 Å². The Bertz CT molecular complexity index is 1230. The maximum Gasteiger partial charge on any atom is 0.267 e. The van der Waals surface area contributed by atoms with Crippen LogP contribution >= 0.6 is 43.6 Å². The van der Waals surface area contributed by atoms with E-state index in [0.717, 1.165) is 56.8 Å². The van der Waals surface area contributed by atoms with Crippen LogP contribution in [0.15, 0.2) is 83.9 Å². The Labute approximate surface area is 214 Å². The second-order valence-corrected chi connectivity index (χ2v) is 10.9. The Kier molecular flexibility index (Phi) is 6.90. The van der Waals surface area contributed by atoms with E-state index in [1.165, 1.54) is 18.2 Å². The van der Waals surface area contributed by atoms with Gasteiger partial charge in [-0.3, -0.25) is 9.69 Å². The molecule has 1 saturated heterocycles. The molecule has 0 bridgehead atoms. The first-order valence-corrected chi connectivity index (χ1v) is 13.4. The van der Waals surface area contributed by atoms with Crippen LogP contribution in [-0.4, -0.2) is 22.0 Å². The van der Waals surface area contributed by atoms with Gasteiger partial charge >= 0.3 is 0 Å². The van der Waals surface area contributed by atoms with Gasteiger partial charge in [-0.25, -0.2) is 4.99 Å². The molecule has 33 heavy (non-hydrogen) atoms. The van der Waals surface area contributed by atoms with E-state index in [4.69, 9.17) is 9.41 Å². The van der Waals surface area contributed by atoms with Crippen LogP contribution < -0.4 is 0 Å². The highest BCUT2D eigenvalue weighted by Crippen LogP contribution is 2.39. The predicted octanol–water partition coefficient (Wildman–Crippen LogP) is 8.41. The number of hydrogen-bond acceptors (Lipinski definition) is 4. The summed E-state index contributed by atoms with van der Waals surface area (Å²) in [6.07, 6.45) is 7.43. The molecule has 7 heteroatoms. The number of carbonyl (C=O) groups is 1. The number of rotatable bonds is 4. The third-order valence-corrected chi connectivity index (χ3v) is 8.02. The quantitative estimate of drug-likeness (QED) is 0.289. The third-order valence-electron chi connectivity index (χ3n) is 5.85. The smallest absolute Gasteiger partial charge is 0.267 e. The van der Waals surface area contributed by atoms with Gasteiger partial charge in [0.25, 0.3) is 5.91 Å². The minimum Gasteiger partial charge on any atom is -0.457 e. The van der Waals surface area contributed by atoms with Crippen molar-refractivity contribution < 1.29 is 9.21 Å². The summed E-state index contributed by atoms with van der Waals surface area (Å²) >= 11 is 8.54. The standard InChI is InChI=1S/C26H22Br2N2O2S/c27-17-11-13-22(28)21(15-17)23-14-12-20(32-23)16-24-25(31)30(19-9-5-2-6-10-19)26(33-24)29-18-7-3-1-4-8-18/h1,3-4,7-8,11-16,19H,2,5-6,9-10H2/b24-16+,29-26?. The SMILES string of the molecule is O=C1/C(=C\c2ccc(-c3cc(Br)ccc3Br)o2)SC(=Nc2ccccc2)N1C1CCCCC1. The van der Waals surface area contributed by atoms with Crippen LogP contribution in [0.4, 0.5) is 5.69 Å². The van der Waals surface area contributed by atoms with Crippen LogP contribution in [0.25, 0.3) is 17.4 Å². The molecular formula is C26H22Br2N2O2S. The molecule has 0 unspecified atom stereocenters. The van der Waals surface area contributed by atoms with Gasteiger partial charge in [0.1, 0.15) is 11.5 Å². The zero-order chi connectivity index (χ0) is 22.8. The first kappa shape index (κ1) is 22.7. The van der Waals surface area contributed by atoms with E-state index in [-0.39, 0.29) is 11.9 Å². The molecule has 1 aromatic heterocycles. The van der Waals surface area contributed by atoms with Gasteiger partial charge in [-0.1, -0.05) is 69.3 Å². The number of hydrogen-bond donors (Lipinski definition) is 0. The lowest BCUT2D eigenvalue weighted by molar-refractivity contribution is -0.124. The Morgan fingerprint density at radius 1 is 1.00 bits per heavy atom. The summed E-state index contributed by atoms with van der Waals surface area (Å²) in [7, 11) is 0. The molecule has 1 aliphatic heterocycles. The van der Waals surface area contributed by atoms with Crippen molar-refractivity contribution in [3.63, 3.8) is 0 Å². The molecule has 5 rings (SSSR count). The van der Waals surface area contributed by atoms with Crippen molar-refractivity contribution in [2.45, 2.75) is 38.1 Å². The molecule has 168 valence electrons. The topological polar surface area (TPSA) is 45.8 Å². The van der Waals surface area contributed by atoms with Crippen molar-refractivity contribution in [3.8, 4) is 11.3 Å². The Morgan fingerprint density at radius 3 is 2.58 bits per heavy atom. The largest absolute Gasteiger partial charge is 0.457 e. The molecule has 1 amide bonds. The highest BCUT2D eigenvalue weighted by Gasteiger charge is 2.38. The van der Waals surface area contributed by atoms with E-state index < -0.39 is 0 Å². The third kappa shape index (κ3) is 5.05. The van der Waals surface area contributed by atoms with Crippen LogP contribution in [0.3, 0.4) is 0 Å². The van der Waals surface area contributed by atoms with E-state index >= 15 is 0 Å². The zero-order valence-corrected chi connectivity index (χ0v) is 21.8. The molecule has 3 aromatic rings. The first-order chi connectivity index (χ1) is 16.1. The number of amidine groups is 1. The summed E-state index contributed by atoms with van der Waals surface area (Å²) < 4.78 is 8.02. The van der Waals surface area contributed by atoms with E-state index in [2.05, 4.69) is 31.9 Å². The van der Waals surface area contributed by atoms with Gasteiger partial charge in [-0.15, -0.1) is 0 Å². The van der Waals surface area contributed by atoms with E-state index in [0.29, 0.717) is 10.7 Å². The molecular weight excluding hydrogens is 564 g/mol. The second kappa shape index (κ2) is 10.0.